The first-order valence-electron chi connectivity index (χ1n) is 4.34. The summed E-state index contributed by atoms with van der Waals surface area (Å²) < 4.78 is 44.3. The second-order valence-electron chi connectivity index (χ2n) is 2.94. The highest BCUT2D eigenvalue weighted by Gasteiger charge is 2.38. The zero-order valence-corrected chi connectivity index (χ0v) is 9.78. The molecule has 0 saturated carbocycles. The topological polar surface area (TPSA) is 91.6 Å². The van der Waals surface area contributed by atoms with E-state index in [1.807, 2.05) is 0 Å². The molecular weight excluding hydrogens is 297 g/mol. The van der Waals surface area contributed by atoms with Crippen LogP contribution < -0.4 is 9.47 Å². The number of alkyl halides is 3. The lowest BCUT2D eigenvalue weighted by Gasteiger charge is -2.12. The van der Waals surface area contributed by atoms with E-state index in [0.29, 0.717) is 6.07 Å². The molecule has 0 aromatic carbocycles. The van der Waals surface area contributed by atoms with Crippen molar-refractivity contribution in [2.24, 2.45) is 0 Å². The molecule has 1 heterocycles. The molecule has 0 atom stereocenters. The lowest BCUT2D eigenvalue weighted by molar-refractivity contribution is -0.388. The minimum atomic E-state index is -5.19. The number of methoxy groups -OCH3 is 1. The fourth-order valence-electron chi connectivity index (χ4n) is 1.08. The Morgan fingerprint density at radius 1 is 1.53 bits per heavy atom. The number of nitro groups is 1. The van der Waals surface area contributed by atoms with E-state index >= 15 is 0 Å². The van der Waals surface area contributed by atoms with Crippen LogP contribution in [0.1, 0.15) is 10.5 Å². The zero-order chi connectivity index (χ0) is 14.8. The van der Waals surface area contributed by atoms with E-state index in [-0.39, 0.29) is 0 Å². The Hall–Kier alpha value is -2.10. The van der Waals surface area contributed by atoms with Crippen molar-refractivity contribution >= 4 is 22.5 Å². The molecule has 1 rings (SSSR count). The smallest absolute Gasteiger partial charge is 0.478 e. The average Bonchev–Trinajstić information content (AvgIpc) is 2.26. The third-order valence-corrected chi connectivity index (χ3v) is 1.93. The summed E-state index contributed by atoms with van der Waals surface area (Å²) in [7, 11) is 0.901. The maximum atomic E-state index is 12.1. The Morgan fingerprint density at radius 2 is 2.11 bits per heavy atom. The molecule has 0 amide bonds. The fourth-order valence-corrected chi connectivity index (χ4v) is 1.18. The van der Waals surface area contributed by atoms with Crippen LogP contribution in [0.2, 0.25) is 0 Å². The van der Waals surface area contributed by atoms with Gasteiger partial charge in [-0.25, -0.2) is 4.98 Å². The molecule has 1 aromatic heterocycles. The Labute approximate surface area is 108 Å². The molecule has 0 N–H and O–H groups in total. The van der Waals surface area contributed by atoms with Crippen molar-refractivity contribution in [3.05, 3.63) is 21.9 Å². The Balaban J connectivity index is 3.49. The minimum Gasteiger partial charge on any atom is -0.478 e. The number of halogens is 4. The summed E-state index contributed by atoms with van der Waals surface area (Å²) in [5.41, 5.74) is -1.78. The number of pyridine rings is 1. The van der Waals surface area contributed by atoms with Gasteiger partial charge < -0.3 is 9.47 Å². The van der Waals surface area contributed by atoms with Gasteiger partial charge in [0.05, 0.1) is 18.1 Å². The standard InChI is InChI=1S/C8H4ClF3N2O5/c1-18-7-5(19-8(10,11)12)4(14(16)17)2-3(13-7)6(9)15/h2H,1H3. The molecule has 11 heteroatoms. The lowest BCUT2D eigenvalue weighted by Crippen LogP contribution is -2.19. The number of rotatable bonds is 4. The van der Waals surface area contributed by atoms with E-state index in [1.54, 1.807) is 0 Å². The molecule has 0 aliphatic rings. The van der Waals surface area contributed by atoms with Crippen LogP contribution in [0.15, 0.2) is 6.07 Å². The molecule has 0 bridgehead atoms. The summed E-state index contributed by atoms with van der Waals surface area (Å²) in [6.07, 6.45) is -5.19. The van der Waals surface area contributed by atoms with Gasteiger partial charge in [-0.2, -0.15) is 0 Å². The Kier molecular flexibility index (Phi) is 4.14. The van der Waals surface area contributed by atoms with Crippen LogP contribution in [0.25, 0.3) is 0 Å². The number of aromatic nitrogens is 1. The van der Waals surface area contributed by atoms with Crippen LogP contribution in [0.4, 0.5) is 18.9 Å². The van der Waals surface area contributed by atoms with E-state index < -0.39 is 39.5 Å². The molecule has 0 aliphatic heterocycles. The van der Waals surface area contributed by atoms with E-state index in [0.717, 1.165) is 7.11 Å². The molecule has 0 saturated heterocycles. The largest absolute Gasteiger partial charge is 0.573 e. The van der Waals surface area contributed by atoms with Gasteiger partial charge in [-0.05, 0) is 11.6 Å². The van der Waals surface area contributed by atoms with Gasteiger partial charge in [0.15, 0.2) is 0 Å². The summed E-state index contributed by atoms with van der Waals surface area (Å²) >= 11 is 5.05. The predicted octanol–water partition coefficient (Wildman–Crippen LogP) is 2.28. The molecule has 1 aromatic rings. The van der Waals surface area contributed by atoms with Gasteiger partial charge in [0.25, 0.3) is 16.9 Å². The maximum Gasteiger partial charge on any atom is 0.573 e. The molecule has 19 heavy (non-hydrogen) atoms. The van der Waals surface area contributed by atoms with Crippen LogP contribution in [0, 0.1) is 10.1 Å². The van der Waals surface area contributed by atoms with Gasteiger partial charge in [0.2, 0.25) is 0 Å². The summed E-state index contributed by atoms with van der Waals surface area (Å²) in [5, 5.41) is 9.48. The number of ether oxygens (including phenoxy) is 2. The van der Waals surface area contributed by atoms with Gasteiger partial charge in [-0.15, -0.1) is 13.2 Å². The molecule has 0 radical (unpaired) electrons. The van der Waals surface area contributed by atoms with E-state index in [1.165, 1.54) is 0 Å². The molecule has 0 spiro atoms. The number of hydrogen-bond donors (Lipinski definition) is 0. The van der Waals surface area contributed by atoms with E-state index in [2.05, 4.69) is 14.5 Å². The predicted molar refractivity (Wildman–Crippen MR) is 54.3 cm³/mol. The van der Waals surface area contributed by atoms with Gasteiger partial charge in [0, 0.05) is 0 Å². The summed E-state index contributed by atoms with van der Waals surface area (Å²) in [6, 6.07) is 0.457. The molecule has 0 fully saturated rings. The first kappa shape index (κ1) is 15.0. The number of hydrogen-bond acceptors (Lipinski definition) is 6. The highest BCUT2D eigenvalue weighted by atomic mass is 35.5. The molecule has 0 unspecified atom stereocenters. The third-order valence-electron chi connectivity index (χ3n) is 1.73. The second-order valence-corrected chi connectivity index (χ2v) is 3.29. The van der Waals surface area contributed by atoms with Gasteiger partial charge in [-0.3, -0.25) is 14.9 Å². The van der Waals surface area contributed by atoms with Crippen LogP contribution in [0.3, 0.4) is 0 Å². The molecule has 7 nitrogen and oxygen atoms in total. The summed E-state index contributed by atoms with van der Waals surface area (Å²) in [4.78, 5) is 23.6. The first-order chi connectivity index (χ1) is 8.65. The Morgan fingerprint density at radius 3 is 2.47 bits per heavy atom. The first-order valence-corrected chi connectivity index (χ1v) is 4.72. The monoisotopic (exact) mass is 300 g/mol. The molecular formula is C8H4ClF3N2O5. The van der Waals surface area contributed by atoms with Crippen molar-refractivity contribution in [3.8, 4) is 11.6 Å². The zero-order valence-electron chi connectivity index (χ0n) is 9.02. The highest BCUT2D eigenvalue weighted by molar-refractivity contribution is 6.67. The van der Waals surface area contributed by atoms with Crippen LogP contribution >= 0.6 is 11.6 Å². The normalized spacial score (nSPS) is 11.0. The van der Waals surface area contributed by atoms with E-state index in [9.17, 15) is 28.1 Å². The fraction of sp³-hybridized carbons (Fsp3) is 0.250. The molecule has 0 aliphatic carbocycles. The van der Waals surface area contributed by atoms with Crippen LogP contribution in [0.5, 0.6) is 11.6 Å². The van der Waals surface area contributed by atoms with Crippen molar-refractivity contribution in [2.75, 3.05) is 7.11 Å². The van der Waals surface area contributed by atoms with Gasteiger partial charge in [0.1, 0.15) is 5.69 Å². The maximum absolute atomic E-state index is 12.1. The van der Waals surface area contributed by atoms with Crippen molar-refractivity contribution in [1.29, 1.82) is 0 Å². The van der Waals surface area contributed by atoms with E-state index in [4.69, 9.17) is 11.6 Å². The van der Waals surface area contributed by atoms with Crippen LogP contribution in [-0.4, -0.2) is 28.6 Å². The summed E-state index contributed by atoms with van der Waals surface area (Å²) in [6.45, 7) is 0. The van der Waals surface area contributed by atoms with Crippen molar-refractivity contribution in [3.63, 3.8) is 0 Å². The quantitative estimate of drug-likeness (QED) is 0.481. The highest BCUT2D eigenvalue weighted by Crippen LogP contribution is 2.39. The van der Waals surface area contributed by atoms with Gasteiger partial charge >= 0.3 is 12.0 Å². The third kappa shape index (κ3) is 3.68. The van der Waals surface area contributed by atoms with Gasteiger partial charge in [-0.1, -0.05) is 0 Å². The van der Waals surface area contributed by atoms with Crippen molar-refractivity contribution < 1.29 is 32.4 Å². The lowest BCUT2D eigenvalue weighted by atomic mass is 10.3. The molecule has 104 valence electrons. The Bertz CT molecular complexity index is 534. The number of carbonyl (C=O) groups excluding carboxylic acids is 1. The number of nitrogens with zero attached hydrogens (tertiary/aromatic N) is 2. The average molecular weight is 301 g/mol. The van der Waals surface area contributed by atoms with Crippen LogP contribution in [-0.2, 0) is 0 Å². The minimum absolute atomic E-state index is 0.457. The second kappa shape index (κ2) is 5.26. The number of carbonyl (C=O) groups is 1. The van der Waals surface area contributed by atoms with Crippen molar-refractivity contribution in [1.82, 2.24) is 4.98 Å². The van der Waals surface area contributed by atoms with Crippen molar-refractivity contribution in [2.45, 2.75) is 6.36 Å². The SMILES string of the molecule is COc1nc(C(=O)Cl)cc([N+](=O)[O-])c1OC(F)(F)F. The summed E-state index contributed by atoms with van der Waals surface area (Å²) in [5.74, 6) is -2.14.